The van der Waals surface area contributed by atoms with E-state index in [0.29, 0.717) is 0 Å². The van der Waals surface area contributed by atoms with Gasteiger partial charge in [-0.15, -0.1) is 0 Å². The molecule has 154 valence electrons. The number of hydrogen-bond acceptors (Lipinski definition) is 4. The van der Waals surface area contributed by atoms with Crippen LogP contribution < -0.4 is 5.32 Å². The maximum Gasteiger partial charge on any atom is 0.308 e. The quantitative estimate of drug-likeness (QED) is 0.489. The second-order valence-electron chi connectivity index (χ2n) is 7.89. The first-order valence-corrected chi connectivity index (χ1v) is 10.3. The summed E-state index contributed by atoms with van der Waals surface area (Å²) < 4.78 is 10.6. The summed E-state index contributed by atoms with van der Waals surface area (Å²) in [5.41, 5.74) is 2.80. The number of carbonyl (C=O) groups excluding carboxylic acids is 1. The van der Waals surface area contributed by atoms with Crippen LogP contribution in [0.5, 0.6) is 0 Å². The first-order valence-electron chi connectivity index (χ1n) is 10.3. The lowest BCUT2D eigenvalue weighted by Crippen LogP contribution is -2.51. The first kappa shape index (κ1) is 20.6. The number of aryl methyl sites for hydroxylation is 1. The number of nitrogens with one attached hydrogen (secondary N) is 1. The van der Waals surface area contributed by atoms with Crippen LogP contribution in [0.25, 0.3) is 0 Å². The van der Waals surface area contributed by atoms with E-state index in [-0.39, 0.29) is 17.3 Å². The van der Waals surface area contributed by atoms with E-state index in [4.69, 9.17) is 9.47 Å². The summed E-state index contributed by atoms with van der Waals surface area (Å²) in [6, 6.07) is 8.68. The van der Waals surface area contributed by atoms with E-state index in [9.17, 15) is 4.79 Å². The Morgan fingerprint density at radius 2 is 1.96 bits per heavy atom. The van der Waals surface area contributed by atoms with E-state index < -0.39 is 0 Å². The highest BCUT2D eigenvalue weighted by Gasteiger charge is 2.36. The number of esters is 1. The van der Waals surface area contributed by atoms with Crippen molar-refractivity contribution >= 4 is 11.9 Å². The molecule has 6 nitrogen and oxygen atoms in total. The lowest BCUT2D eigenvalue weighted by molar-refractivity contribution is -0.146. The van der Waals surface area contributed by atoms with Crippen molar-refractivity contribution in [1.82, 2.24) is 10.2 Å². The van der Waals surface area contributed by atoms with Gasteiger partial charge in [0.15, 0.2) is 5.96 Å². The van der Waals surface area contributed by atoms with Gasteiger partial charge in [0.05, 0.1) is 13.0 Å². The molecule has 0 saturated carbocycles. The standard InChI is InChI=1S/C22H33N3O3/c1-17-6-4-5-7-19(17)22(10-14-28-15-11-22)16-24-21(23-2)25-12-8-18(9-13-25)20(26)27-3/h4-7,18H,8-16H2,1-3H3,(H,23,24). The molecule has 1 aromatic carbocycles. The average molecular weight is 388 g/mol. The number of guanidine groups is 1. The number of methoxy groups -OCH3 is 1. The first-order chi connectivity index (χ1) is 13.6. The van der Waals surface area contributed by atoms with E-state index >= 15 is 0 Å². The average Bonchev–Trinajstić information content (AvgIpc) is 2.75. The highest BCUT2D eigenvalue weighted by Crippen LogP contribution is 2.36. The van der Waals surface area contributed by atoms with Crippen LogP contribution in [0.3, 0.4) is 0 Å². The minimum atomic E-state index is -0.0942. The molecular weight excluding hydrogens is 354 g/mol. The predicted molar refractivity (Wildman–Crippen MR) is 111 cm³/mol. The monoisotopic (exact) mass is 387 g/mol. The van der Waals surface area contributed by atoms with E-state index in [2.05, 4.69) is 46.4 Å². The molecule has 1 N–H and O–H groups in total. The van der Waals surface area contributed by atoms with Gasteiger partial charge in [-0.1, -0.05) is 24.3 Å². The number of hydrogen-bond donors (Lipinski definition) is 1. The van der Waals surface area contributed by atoms with Crippen molar-refractivity contribution in [3.63, 3.8) is 0 Å². The molecule has 0 unspecified atom stereocenters. The Bertz CT molecular complexity index is 690. The third kappa shape index (κ3) is 4.49. The number of rotatable bonds is 4. The van der Waals surface area contributed by atoms with Gasteiger partial charge < -0.3 is 19.7 Å². The van der Waals surface area contributed by atoms with Crippen LogP contribution in [-0.4, -0.2) is 63.8 Å². The van der Waals surface area contributed by atoms with Crippen molar-refractivity contribution in [3.05, 3.63) is 35.4 Å². The number of piperidine rings is 1. The molecule has 2 aliphatic heterocycles. The van der Waals surface area contributed by atoms with Gasteiger partial charge in [-0.2, -0.15) is 0 Å². The van der Waals surface area contributed by atoms with Crippen LogP contribution in [0.15, 0.2) is 29.3 Å². The normalized spacial score (nSPS) is 20.7. The topological polar surface area (TPSA) is 63.2 Å². The maximum absolute atomic E-state index is 11.8. The molecule has 6 heteroatoms. The van der Waals surface area contributed by atoms with Crippen LogP contribution in [0.2, 0.25) is 0 Å². The third-order valence-electron chi connectivity index (χ3n) is 6.29. The molecule has 2 fully saturated rings. The molecule has 0 radical (unpaired) electrons. The number of aliphatic imine (C=N–C) groups is 1. The number of ether oxygens (including phenoxy) is 2. The maximum atomic E-state index is 11.8. The van der Waals surface area contributed by atoms with Gasteiger partial charge in [0, 0.05) is 45.3 Å². The number of nitrogens with zero attached hydrogens (tertiary/aromatic N) is 2. The molecule has 2 aliphatic rings. The van der Waals surface area contributed by atoms with Crippen molar-refractivity contribution in [1.29, 1.82) is 0 Å². The Labute approximate surface area is 168 Å². The number of benzene rings is 1. The lowest BCUT2D eigenvalue weighted by atomic mass is 9.72. The van der Waals surface area contributed by atoms with Crippen LogP contribution in [0.1, 0.15) is 36.8 Å². The Balaban J connectivity index is 1.67. The molecule has 0 aliphatic carbocycles. The summed E-state index contributed by atoms with van der Waals surface area (Å²) in [6.07, 6.45) is 3.63. The van der Waals surface area contributed by atoms with Crippen molar-refractivity contribution in [2.45, 2.75) is 38.0 Å². The molecular formula is C22H33N3O3. The van der Waals surface area contributed by atoms with Crippen molar-refractivity contribution in [2.24, 2.45) is 10.9 Å². The summed E-state index contributed by atoms with van der Waals surface area (Å²) in [5.74, 6) is 0.833. The predicted octanol–water partition coefficient (Wildman–Crippen LogP) is 2.50. The van der Waals surface area contributed by atoms with Gasteiger partial charge in [-0.3, -0.25) is 9.79 Å². The third-order valence-corrected chi connectivity index (χ3v) is 6.29. The van der Waals surface area contributed by atoms with Crippen molar-refractivity contribution in [2.75, 3.05) is 47.0 Å². The zero-order chi connectivity index (χ0) is 20.0. The fraction of sp³-hybridized carbons (Fsp3) is 0.636. The van der Waals surface area contributed by atoms with Gasteiger partial charge in [0.2, 0.25) is 0 Å². The van der Waals surface area contributed by atoms with Crippen LogP contribution in [0, 0.1) is 12.8 Å². The number of carbonyl (C=O) groups is 1. The highest BCUT2D eigenvalue weighted by molar-refractivity contribution is 5.80. The minimum absolute atomic E-state index is 0.00756. The molecule has 2 heterocycles. The molecule has 3 rings (SSSR count). The minimum Gasteiger partial charge on any atom is -0.469 e. The molecule has 1 aromatic rings. The van der Waals surface area contributed by atoms with Crippen LogP contribution >= 0.6 is 0 Å². The van der Waals surface area contributed by atoms with Crippen molar-refractivity contribution in [3.8, 4) is 0 Å². The molecule has 0 spiro atoms. The molecule has 28 heavy (non-hydrogen) atoms. The van der Waals surface area contributed by atoms with Crippen LogP contribution in [-0.2, 0) is 19.7 Å². The summed E-state index contributed by atoms with van der Waals surface area (Å²) in [6.45, 7) is 6.25. The molecule has 0 bridgehead atoms. The second kappa shape index (κ2) is 9.41. The summed E-state index contributed by atoms with van der Waals surface area (Å²) in [7, 11) is 3.30. The van der Waals surface area contributed by atoms with E-state index in [1.807, 2.05) is 7.05 Å². The van der Waals surface area contributed by atoms with Gasteiger partial charge in [0.25, 0.3) is 0 Å². The van der Waals surface area contributed by atoms with Gasteiger partial charge in [-0.05, 0) is 43.7 Å². The van der Waals surface area contributed by atoms with Gasteiger partial charge >= 0.3 is 5.97 Å². The lowest BCUT2D eigenvalue weighted by Gasteiger charge is -2.40. The zero-order valence-corrected chi connectivity index (χ0v) is 17.4. The Hall–Kier alpha value is -2.08. The molecule has 0 aromatic heterocycles. The summed E-state index contributed by atoms with van der Waals surface area (Å²) in [5, 5.41) is 3.64. The molecule has 0 amide bonds. The fourth-order valence-electron chi connectivity index (χ4n) is 4.55. The Morgan fingerprint density at radius 1 is 1.29 bits per heavy atom. The molecule has 2 saturated heterocycles. The fourth-order valence-corrected chi connectivity index (χ4v) is 4.55. The Morgan fingerprint density at radius 3 is 2.57 bits per heavy atom. The highest BCUT2D eigenvalue weighted by atomic mass is 16.5. The van der Waals surface area contributed by atoms with Crippen molar-refractivity contribution < 1.29 is 14.3 Å². The summed E-state index contributed by atoms with van der Waals surface area (Å²) in [4.78, 5) is 18.5. The van der Waals surface area contributed by atoms with E-state index in [1.165, 1.54) is 18.2 Å². The van der Waals surface area contributed by atoms with Gasteiger partial charge in [0.1, 0.15) is 0 Å². The van der Waals surface area contributed by atoms with E-state index in [1.54, 1.807) is 0 Å². The molecule has 0 atom stereocenters. The Kier molecular flexibility index (Phi) is 6.94. The largest absolute Gasteiger partial charge is 0.469 e. The van der Waals surface area contributed by atoms with Crippen LogP contribution in [0.4, 0.5) is 0 Å². The number of likely N-dealkylation sites (tertiary alicyclic amines) is 1. The smallest absolute Gasteiger partial charge is 0.308 e. The SMILES string of the molecule is CN=C(NCC1(c2ccccc2C)CCOCC1)N1CCC(C(=O)OC)CC1. The van der Waals surface area contributed by atoms with Gasteiger partial charge in [-0.25, -0.2) is 0 Å². The second-order valence-corrected chi connectivity index (χ2v) is 7.89. The summed E-state index contributed by atoms with van der Waals surface area (Å²) >= 11 is 0. The zero-order valence-electron chi connectivity index (χ0n) is 17.4. The van der Waals surface area contributed by atoms with E-state index in [0.717, 1.165) is 64.5 Å².